The predicted molar refractivity (Wildman–Crippen MR) is 62.8 cm³/mol. The van der Waals surface area contributed by atoms with Crippen molar-refractivity contribution in [1.29, 1.82) is 0 Å². The van der Waals surface area contributed by atoms with Gasteiger partial charge in [0.1, 0.15) is 5.82 Å². The van der Waals surface area contributed by atoms with Crippen molar-refractivity contribution in [2.45, 2.75) is 30.2 Å². The summed E-state index contributed by atoms with van der Waals surface area (Å²) in [6.07, 6.45) is 5.45. The molecule has 1 N–H and O–H groups in total. The van der Waals surface area contributed by atoms with Crippen LogP contribution in [0.15, 0.2) is 23.1 Å². The molecular formula is C12H16FNS. The van der Waals surface area contributed by atoms with Crippen molar-refractivity contribution in [3.05, 3.63) is 29.6 Å². The van der Waals surface area contributed by atoms with Gasteiger partial charge in [0.05, 0.1) is 0 Å². The van der Waals surface area contributed by atoms with E-state index in [1.54, 1.807) is 23.9 Å². The molecule has 0 amide bonds. The average Bonchev–Trinajstić information content (AvgIpc) is 2.29. The van der Waals surface area contributed by atoms with Crippen LogP contribution in [-0.2, 0) is 0 Å². The molecule has 3 heteroatoms. The van der Waals surface area contributed by atoms with Crippen molar-refractivity contribution in [2.24, 2.45) is 0 Å². The summed E-state index contributed by atoms with van der Waals surface area (Å²) in [6.45, 7) is 1.01. The molecule has 1 aromatic carbocycles. The summed E-state index contributed by atoms with van der Waals surface area (Å²) in [5, 5.41) is 3.40. The van der Waals surface area contributed by atoms with Gasteiger partial charge in [-0.05, 0) is 37.8 Å². The van der Waals surface area contributed by atoms with Crippen molar-refractivity contribution in [2.75, 3.05) is 12.8 Å². The summed E-state index contributed by atoms with van der Waals surface area (Å²) in [6, 6.07) is 5.56. The van der Waals surface area contributed by atoms with Crippen LogP contribution in [0, 0.1) is 5.82 Å². The first-order chi connectivity index (χ1) is 7.33. The molecule has 0 saturated carbocycles. The molecule has 0 radical (unpaired) electrons. The quantitative estimate of drug-likeness (QED) is 0.775. The fraction of sp³-hybridized carbons (Fsp3) is 0.500. The Balaban J connectivity index is 2.31. The van der Waals surface area contributed by atoms with Gasteiger partial charge in [-0.1, -0.05) is 12.5 Å². The molecule has 0 aromatic heterocycles. The molecule has 0 aliphatic carbocycles. The van der Waals surface area contributed by atoms with Gasteiger partial charge < -0.3 is 5.32 Å². The molecule has 2 rings (SSSR count). The van der Waals surface area contributed by atoms with Gasteiger partial charge in [-0.3, -0.25) is 0 Å². The normalized spacial score (nSPS) is 21.6. The molecule has 1 saturated heterocycles. The Morgan fingerprint density at radius 1 is 1.40 bits per heavy atom. The number of hydrogen-bond acceptors (Lipinski definition) is 2. The van der Waals surface area contributed by atoms with E-state index in [-0.39, 0.29) is 11.9 Å². The fourth-order valence-electron chi connectivity index (χ4n) is 2.13. The van der Waals surface area contributed by atoms with E-state index in [0.29, 0.717) is 0 Å². The van der Waals surface area contributed by atoms with Gasteiger partial charge in [0.2, 0.25) is 0 Å². The molecule has 0 spiro atoms. The summed E-state index contributed by atoms with van der Waals surface area (Å²) in [7, 11) is 0. The van der Waals surface area contributed by atoms with Crippen LogP contribution in [0.4, 0.5) is 4.39 Å². The van der Waals surface area contributed by atoms with Crippen molar-refractivity contribution < 1.29 is 4.39 Å². The van der Waals surface area contributed by atoms with Crippen LogP contribution in [0.1, 0.15) is 30.9 Å². The summed E-state index contributed by atoms with van der Waals surface area (Å²) in [4.78, 5) is 1.06. The molecule has 0 bridgehead atoms. The van der Waals surface area contributed by atoms with E-state index < -0.39 is 0 Å². The molecule has 1 aliphatic heterocycles. The number of rotatable bonds is 2. The molecule has 1 atom stereocenters. The lowest BCUT2D eigenvalue weighted by Gasteiger charge is -2.25. The zero-order chi connectivity index (χ0) is 10.7. The number of benzene rings is 1. The lowest BCUT2D eigenvalue weighted by atomic mass is 9.97. The van der Waals surface area contributed by atoms with Crippen molar-refractivity contribution in [1.82, 2.24) is 5.32 Å². The van der Waals surface area contributed by atoms with Crippen LogP contribution < -0.4 is 5.32 Å². The lowest BCUT2D eigenvalue weighted by molar-refractivity contribution is 0.395. The SMILES string of the molecule is CSc1cccc(F)c1C1CCCCN1. The maximum absolute atomic E-state index is 13.8. The molecule has 1 unspecified atom stereocenters. The van der Waals surface area contributed by atoms with Gasteiger partial charge >= 0.3 is 0 Å². The monoisotopic (exact) mass is 225 g/mol. The molecule has 1 heterocycles. The third-order valence-electron chi connectivity index (χ3n) is 2.89. The maximum atomic E-state index is 13.8. The van der Waals surface area contributed by atoms with Gasteiger partial charge in [0.25, 0.3) is 0 Å². The van der Waals surface area contributed by atoms with E-state index in [4.69, 9.17) is 0 Å². The van der Waals surface area contributed by atoms with E-state index in [2.05, 4.69) is 5.32 Å². The van der Waals surface area contributed by atoms with E-state index in [1.165, 1.54) is 12.8 Å². The highest BCUT2D eigenvalue weighted by atomic mass is 32.2. The second kappa shape index (κ2) is 4.99. The topological polar surface area (TPSA) is 12.0 Å². The van der Waals surface area contributed by atoms with Crippen molar-refractivity contribution in [3.63, 3.8) is 0 Å². The molecule has 82 valence electrons. The Labute approximate surface area is 94.5 Å². The summed E-state index contributed by atoms with van der Waals surface area (Å²) < 4.78 is 13.8. The Morgan fingerprint density at radius 2 is 2.27 bits per heavy atom. The maximum Gasteiger partial charge on any atom is 0.129 e. The minimum atomic E-state index is -0.0683. The first kappa shape index (κ1) is 11.0. The van der Waals surface area contributed by atoms with Crippen LogP contribution in [-0.4, -0.2) is 12.8 Å². The summed E-state index contributed by atoms with van der Waals surface area (Å²) in [5.41, 5.74) is 0.865. The standard InChI is InChI=1S/C12H16FNS/c1-15-11-7-4-5-9(13)12(11)10-6-2-3-8-14-10/h4-5,7,10,14H,2-3,6,8H2,1H3. The highest BCUT2D eigenvalue weighted by molar-refractivity contribution is 7.98. The van der Waals surface area contributed by atoms with E-state index in [1.807, 2.05) is 12.3 Å². The molecule has 1 fully saturated rings. The van der Waals surface area contributed by atoms with E-state index in [9.17, 15) is 4.39 Å². The van der Waals surface area contributed by atoms with Gasteiger partial charge in [-0.15, -0.1) is 11.8 Å². The number of piperidine rings is 1. The second-order valence-electron chi connectivity index (χ2n) is 3.86. The number of thioether (sulfide) groups is 1. The minimum absolute atomic E-state index is 0.0683. The van der Waals surface area contributed by atoms with Crippen LogP contribution in [0.3, 0.4) is 0 Å². The number of nitrogens with one attached hydrogen (secondary N) is 1. The third-order valence-corrected chi connectivity index (χ3v) is 3.69. The Hall–Kier alpha value is -0.540. The van der Waals surface area contributed by atoms with E-state index in [0.717, 1.165) is 23.4 Å². The highest BCUT2D eigenvalue weighted by Gasteiger charge is 2.20. The number of hydrogen-bond donors (Lipinski definition) is 1. The molecule has 1 nitrogen and oxygen atoms in total. The van der Waals surface area contributed by atoms with Crippen molar-refractivity contribution in [3.8, 4) is 0 Å². The zero-order valence-corrected chi connectivity index (χ0v) is 9.74. The molecular weight excluding hydrogens is 209 g/mol. The summed E-state index contributed by atoms with van der Waals surface area (Å²) >= 11 is 1.62. The van der Waals surface area contributed by atoms with Crippen LogP contribution in [0.5, 0.6) is 0 Å². The lowest BCUT2D eigenvalue weighted by Crippen LogP contribution is -2.27. The molecule has 1 aliphatic rings. The first-order valence-electron chi connectivity index (χ1n) is 5.38. The molecule has 1 aromatic rings. The number of halogens is 1. The Bertz CT molecular complexity index is 334. The van der Waals surface area contributed by atoms with Crippen LogP contribution in [0.2, 0.25) is 0 Å². The minimum Gasteiger partial charge on any atom is -0.310 e. The Kier molecular flexibility index (Phi) is 3.65. The zero-order valence-electron chi connectivity index (χ0n) is 8.92. The van der Waals surface area contributed by atoms with Crippen LogP contribution >= 0.6 is 11.8 Å². The smallest absolute Gasteiger partial charge is 0.129 e. The van der Waals surface area contributed by atoms with Crippen molar-refractivity contribution >= 4 is 11.8 Å². The largest absolute Gasteiger partial charge is 0.310 e. The van der Waals surface area contributed by atoms with E-state index >= 15 is 0 Å². The average molecular weight is 225 g/mol. The Morgan fingerprint density at radius 3 is 2.93 bits per heavy atom. The predicted octanol–water partition coefficient (Wildman–Crippen LogP) is 3.36. The second-order valence-corrected chi connectivity index (χ2v) is 4.71. The van der Waals surface area contributed by atoms with Gasteiger partial charge in [0.15, 0.2) is 0 Å². The van der Waals surface area contributed by atoms with Crippen LogP contribution in [0.25, 0.3) is 0 Å². The molecule has 15 heavy (non-hydrogen) atoms. The highest BCUT2D eigenvalue weighted by Crippen LogP contribution is 2.32. The van der Waals surface area contributed by atoms with Gasteiger partial charge in [0, 0.05) is 16.5 Å². The van der Waals surface area contributed by atoms with Gasteiger partial charge in [-0.2, -0.15) is 0 Å². The summed E-state index contributed by atoms with van der Waals surface area (Å²) in [5.74, 6) is -0.0683. The first-order valence-corrected chi connectivity index (χ1v) is 6.61. The third kappa shape index (κ3) is 2.34. The fourth-order valence-corrected chi connectivity index (χ4v) is 2.81. The van der Waals surface area contributed by atoms with Gasteiger partial charge in [-0.25, -0.2) is 4.39 Å².